The molecular formula is C16H13N3O. The maximum absolute atomic E-state index is 11.7. The lowest BCUT2D eigenvalue weighted by molar-refractivity contribution is 0.101. The van der Waals surface area contributed by atoms with Gasteiger partial charge in [-0.15, -0.1) is 5.10 Å². The number of aromatic nitrogens is 3. The highest BCUT2D eigenvalue weighted by atomic mass is 16.1. The molecule has 0 unspecified atom stereocenters. The Bertz CT molecular complexity index is 747. The van der Waals surface area contributed by atoms with Gasteiger partial charge in [-0.1, -0.05) is 47.7 Å². The van der Waals surface area contributed by atoms with E-state index in [2.05, 4.69) is 10.3 Å². The van der Waals surface area contributed by atoms with E-state index in [0.29, 0.717) is 5.56 Å². The van der Waals surface area contributed by atoms with Crippen LogP contribution in [0.5, 0.6) is 0 Å². The van der Waals surface area contributed by atoms with Crippen molar-refractivity contribution in [2.75, 3.05) is 0 Å². The van der Waals surface area contributed by atoms with Gasteiger partial charge < -0.3 is 0 Å². The van der Waals surface area contributed by atoms with Crippen LogP contribution in [-0.4, -0.2) is 20.8 Å². The molecule has 2 aromatic carbocycles. The minimum atomic E-state index is 0.0114. The van der Waals surface area contributed by atoms with Crippen LogP contribution in [0.2, 0.25) is 0 Å². The quantitative estimate of drug-likeness (QED) is 0.682. The fourth-order valence-electron chi connectivity index (χ4n) is 2.09. The fourth-order valence-corrected chi connectivity index (χ4v) is 2.09. The van der Waals surface area contributed by atoms with Crippen molar-refractivity contribution >= 4 is 5.78 Å². The largest absolute Gasteiger partial charge is 0.294 e. The molecule has 0 aliphatic heterocycles. The average Bonchev–Trinajstić information content (AvgIpc) is 2.98. The molecule has 20 heavy (non-hydrogen) atoms. The number of carbonyl (C=O) groups excluding carboxylic acids is 1. The second-order valence-corrected chi connectivity index (χ2v) is 4.49. The van der Waals surface area contributed by atoms with Crippen LogP contribution in [0.3, 0.4) is 0 Å². The minimum Gasteiger partial charge on any atom is -0.294 e. The van der Waals surface area contributed by atoms with Crippen LogP contribution in [-0.2, 0) is 0 Å². The van der Waals surface area contributed by atoms with Crippen molar-refractivity contribution in [2.45, 2.75) is 6.92 Å². The number of ketones is 1. The van der Waals surface area contributed by atoms with Crippen LogP contribution >= 0.6 is 0 Å². The second kappa shape index (κ2) is 5.09. The highest BCUT2D eigenvalue weighted by Gasteiger charge is 2.10. The monoisotopic (exact) mass is 263 g/mol. The first-order chi connectivity index (χ1) is 9.75. The normalized spacial score (nSPS) is 10.4. The molecule has 0 atom stereocenters. The third kappa shape index (κ3) is 2.23. The van der Waals surface area contributed by atoms with E-state index in [9.17, 15) is 4.79 Å². The Morgan fingerprint density at radius 3 is 2.45 bits per heavy atom. The Kier molecular flexibility index (Phi) is 3.13. The Morgan fingerprint density at radius 1 is 1.00 bits per heavy atom. The minimum absolute atomic E-state index is 0.0114. The van der Waals surface area contributed by atoms with Crippen molar-refractivity contribution < 1.29 is 4.79 Å². The summed E-state index contributed by atoms with van der Waals surface area (Å²) in [6, 6.07) is 17.2. The summed E-state index contributed by atoms with van der Waals surface area (Å²) in [7, 11) is 0. The number of Topliss-reactive ketones (excluding diaryl/α,β-unsaturated/α-hetero) is 1. The standard InChI is InChI=1S/C16H13N3O/c1-12(20)14-9-5-6-10-16(14)19-11-15(17-18-19)13-7-3-2-4-8-13/h2-11H,1H3. The molecule has 0 bridgehead atoms. The number of para-hydroxylation sites is 1. The van der Waals surface area contributed by atoms with E-state index >= 15 is 0 Å². The van der Waals surface area contributed by atoms with E-state index in [1.807, 2.05) is 54.7 Å². The van der Waals surface area contributed by atoms with Crippen molar-refractivity contribution in [1.82, 2.24) is 15.0 Å². The van der Waals surface area contributed by atoms with Gasteiger partial charge in [-0.3, -0.25) is 4.79 Å². The summed E-state index contributed by atoms with van der Waals surface area (Å²) < 4.78 is 1.64. The van der Waals surface area contributed by atoms with Crippen LogP contribution in [0.15, 0.2) is 60.8 Å². The highest BCUT2D eigenvalue weighted by molar-refractivity contribution is 5.97. The number of nitrogens with zero attached hydrogens (tertiary/aromatic N) is 3. The smallest absolute Gasteiger partial charge is 0.161 e. The summed E-state index contributed by atoms with van der Waals surface area (Å²) in [4.78, 5) is 11.7. The van der Waals surface area contributed by atoms with E-state index in [4.69, 9.17) is 0 Å². The molecule has 1 aromatic heterocycles. The molecule has 0 saturated heterocycles. The summed E-state index contributed by atoms with van der Waals surface area (Å²) in [6.07, 6.45) is 1.83. The van der Waals surface area contributed by atoms with Gasteiger partial charge in [0, 0.05) is 11.1 Å². The van der Waals surface area contributed by atoms with E-state index in [1.54, 1.807) is 17.7 Å². The van der Waals surface area contributed by atoms with Crippen LogP contribution in [0, 0.1) is 0 Å². The predicted octanol–water partition coefficient (Wildman–Crippen LogP) is 3.14. The van der Waals surface area contributed by atoms with Gasteiger partial charge in [-0.2, -0.15) is 0 Å². The van der Waals surface area contributed by atoms with Crippen LogP contribution in [0.1, 0.15) is 17.3 Å². The van der Waals surface area contributed by atoms with Gasteiger partial charge in [0.15, 0.2) is 5.78 Å². The SMILES string of the molecule is CC(=O)c1ccccc1-n1cc(-c2ccccc2)nn1. The molecule has 0 N–H and O–H groups in total. The van der Waals surface area contributed by atoms with Gasteiger partial charge in [0.2, 0.25) is 0 Å². The Balaban J connectivity index is 2.05. The molecule has 0 fully saturated rings. The number of rotatable bonds is 3. The zero-order valence-electron chi connectivity index (χ0n) is 11.0. The molecule has 3 aromatic rings. The van der Waals surface area contributed by atoms with Gasteiger partial charge in [-0.05, 0) is 19.1 Å². The fraction of sp³-hybridized carbons (Fsp3) is 0.0625. The van der Waals surface area contributed by atoms with Gasteiger partial charge in [0.05, 0.1) is 11.9 Å². The molecule has 0 radical (unpaired) electrons. The molecule has 0 aliphatic carbocycles. The van der Waals surface area contributed by atoms with Gasteiger partial charge in [0.1, 0.15) is 5.69 Å². The molecular weight excluding hydrogens is 250 g/mol. The van der Waals surface area contributed by atoms with Crippen LogP contribution in [0.25, 0.3) is 16.9 Å². The Labute approximate surface area is 116 Å². The topological polar surface area (TPSA) is 47.8 Å². The van der Waals surface area contributed by atoms with Gasteiger partial charge in [0.25, 0.3) is 0 Å². The molecule has 4 nitrogen and oxygen atoms in total. The molecule has 1 heterocycles. The van der Waals surface area contributed by atoms with Crippen molar-refractivity contribution in [1.29, 1.82) is 0 Å². The number of hydrogen-bond acceptors (Lipinski definition) is 3. The van der Waals surface area contributed by atoms with Crippen LogP contribution < -0.4 is 0 Å². The third-order valence-electron chi connectivity index (χ3n) is 3.09. The maximum atomic E-state index is 11.7. The molecule has 4 heteroatoms. The van der Waals surface area contributed by atoms with Crippen molar-refractivity contribution in [2.24, 2.45) is 0 Å². The van der Waals surface area contributed by atoms with E-state index in [-0.39, 0.29) is 5.78 Å². The summed E-state index contributed by atoms with van der Waals surface area (Å²) in [5.41, 5.74) is 3.16. The first-order valence-electron chi connectivity index (χ1n) is 6.34. The summed E-state index contributed by atoms with van der Waals surface area (Å²) in [6.45, 7) is 1.55. The zero-order valence-corrected chi connectivity index (χ0v) is 11.0. The molecule has 0 amide bonds. The second-order valence-electron chi connectivity index (χ2n) is 4.49. The third-order valence-corrected chi connectivity index (χ3v) is 3.09. The van der Waals surface area contributed by atoms with E-state index in [1.165, 1.54) is 0 Å². The lowest BCUT2D eigenvalue weighted by Crippen LogP contribution is -2.03. The van der Waals surface area contributed by atoms with Crippen molar-refractivity contribution in [3.8, 4) is 16.9 Å². The van der Waals surface area contributed by atoms with Gasteiger partial charge >= 0.3 is 0 Å². The summed E-state index contributed by atoms with van der Waals surface area (Å²) >= 11 is 0. The summed E-state index contributed by atoms with van der Waals surface area (Å²) in [5, 5.41) is 8.29. The molecule has 0 saturated carbocycles. The van der Waals surface area contributed by atoms with Gasteiger partial charge in [-0.25, -0.2) is 4.68 Å². The number of hydrogen-bond donors (Lipinski definition) is 0. The molecule has 98 valence electrons. The average molecular weight is 263 g/mol. The number of carbonyl (C=O) groups is 1. The lowest BCUT2D eigenvalue weighted by atomic mass is 10.1. The predicted molar refractivity (Wildman–Crippen MR) is 76.8 cm³/mol. The van der Waals surface area contributed by atoms with Crippen molar-refractivity contribution in [3.05, 3.63) is 66.4 Å². The Hall–Kier alpha value is -2.75. The van der Waals surface area contributed by atoms with Crippen LogP contribution in [0.4, 0.5) is 0 Å². The highest BCUT2D eigenvalue weighted by Crippen LogP contribution is 2.19. The first kappa shape index (κ1) is 12.3. The van der Waals surface area contributed by atoms with E-state index < -0.39 is 0 Å². The molecule has 3 rings (SSSR count). The van der Waals surface area contributed by atoms with E-state index in [0.717, 1.165) is 16.9 Å². The summed E-state index contributed by atoms with van der Waals surface area (Å²) in [5.74, 6) is 0.0114. The first-order valence-corrected chi connectivity index (χ1v) is 6.34. The Morgan fingerprint density at radius 2 is 1.70 bits per heavy atom. The van der Waals surface area contributed by atoms with Crippen molar-refractivity contribution in [3.63, 3.8) is 0 Å². The lowest BCUT2D eigenvalue weighted by Gasteiger charge is -2.04. The maximum Gasteiger partial charge on any atom is 0.161 e. The number of benzene rings is 2. The zero-order chi connectivity index (χ0) is 13.9. The molecule has 0 spiro atoms. The molecule has 0 aliphatic rings.